The van der Waals surface area contributed by atoms with E-state index in [4.69, 9.17) is 10.5 Å². The monoisotopic (exact) mass is 228 g/mol. The lowest BCUT2D eigenvalue weighted by Crippen LogP contribution is -2.45. The van der Waals surface area contributed by atoms with Crippen LogP contribution in [0.2, 0.25) is 0 Å². The highest BCUT2D eigenvalue weighted by Crippen LogP contribution is 2.09. The van der Waals surface area contributed by atoms with Gasteiger partial charge in [-0.1, -0.05) is 19.8 Å². The smallest absolute Gasteiger partial charge is 0.239 e. The van der Waals surface area contributed by atoms with Crippen molar-refractivity contribution in [3.8, 4) is 0 Å². The maximum absolute atomic E-state index is 12.0. The predicted molar refractivity (Wildman–Crippen MR) is 64.1 cm³/mol. The zero-order valence-electron chi connectivity index (χ0n) is 10.4. The van der Waals surface area contributed by atoms with E-state index in [1.165, 1.54) is 0 Å². The number of ether oxygens (including phenoxy) is 1. The Labute approximate surface area is 98.1 Å². The van der Waals surface area contributed by atoms with Gasteiger partial charge in [-0.2, -0.15) is 0 Å². The third-order valence-corrected chi connectivity index (χ3v) is 2.95. The summed E-state index contributed by atoms with van der Waals surface area (Å²) in [7, 11) is 0. The van der Waals surface area contributed by atoms with Gasteiger partial charge in [-0.15, -0.1) is 0 Å². The summed E-state index contributed by atoms with van der Waals surface area (Å²) in [5, 5.41) is 0. The van der Waals surface area contributed by atoms with Gasteiger partial charge in [-0.05, 0) is 19.8 Å². The molecule has 1 amide bonds. The van der Waals surface area contributed by atoms with Gasteiger partial charge in [-0.25, -0.2) is 0 Å². The molecule has 1 saturated heterocycles. The maximum Gasteiger partial charge on any atom is 0.239 e. The van der Waals surface area contributed by atoms with Gasteiger partial charge < -0.3 is 15.4 Å². The lowest BCUT2D eigenvalue weighted by atomic mass is 10.1. The van der Waals surface area contributed by atoms with Gasteiger partial charge in [0.25, 0.3) is 0 Å². The van der Waals surface area contributed by atoms with Crippen molar-refractivity contribution in [3.63, 3.8) is 0 Å². The minimum atomic E-state index is -0.328. The van der Waals surface area contributed by atoms with Crippen LogP contribution in [0.25, 0.3) is 0 Å². The standard InChI is InChI=1S/C12H24N2O2/c1-3-4-6-11(13)12(15)14-7-5-8-16-10(2)9-14/h10-11H,3-9,13H2,1-2H3/t10?,11-/m0/s1. The highest BCUT2D eigenvalue weighted by Gasteiger charge is 2.23. The Bertz CT molecular complexity index is 221. The van der Waals surface area contributed by atoms with E-state index in [0.29, 0.717) is 6.54 Å². The molecular formula is C12H24N2O2. The van der Waals surface area contributed by atoms with E-state index >= 15 is 0 Å². The number of nitrogens with zero attached hydrogens (tertiary/aromatic N) is 1. The zero-order chi connectivity index (χ0) is 12.0. The second-order valence-corrected chi connectivity index (χ2v) is 4.57. The summed E-state index contributed by atoms with van der Waals surface area (Å²) in [5.41, 5.74) is 5.90. The molecule has 0 radical (unpaired) electrons. The highest BCUT2D eigenvalue weighted by molar-refractivity contribution is 5.81. The van der Waals surface area contributed by atoms with E-state index in [1.807, 2.05) is 11.8 Å². The topological polar surface area (TPSA) is 55.6 Å². The van der Waals surface area contributed by atoms with E-state index in [0.717, 1.165) is 38.8 Å². The first-order chi connectivity index (χ1) is 7.65. The number of carbonyl (C=O) groups is 1. The minimum absolute atomic E-state index is 0.0887. The van der Waals surface area contributed by atoms with Crippen molar-refractivity contribution in [2.24, 2.45) is 5.73 Å². The molecule has 1 aliphatic heterocycles. The minimum Gasteiger partial charge on any atom is -0.377 e. The molecule has 1 fully saturated rings. The van der Waals surface area contributed by atoms with Crippen LogP contribution in [0.15, 0.2) is 0 Å². The average molecular weight is 228 g/mol. The molecule has 4 heteroatoms. The molecule has 0 aromatic rings. The van der Waals surface area contributed by atoms with Crippen LogP contribution in [-0.2, 0) is 9.53 Å². The molecule has 0 aliphatic carbocycles. The zero-order valence-corrected chi connectivity index (χ0v) is 10.4. The van der Waals surface area contributed by atoms with Crippen molar-refractivity contribution in [1.29, 1.82) is 0 Å². The fourth-order valence-electron chi connectivity index (χ4n) is 1.98. The van der Waals surface area contributed by atoms with Crippen LogP contribution in [-0.4, -0.2) is 42.6 Å². The quantitative estimate of drug-likeness (QED) is 0.785. The molecule has 0 aromatic carbocycles. The number of hydrogen-bond donors (Lipinski definition) is 1. The Balaban J connectivity index is 2.44. The van der Waals surface area contributed by atoms with Crippen molar-refractivity contribution in [3.05, 3.63) is 0 Å². The molecule has 16 heavy (non-hydrogen) atoms. The first kappa shape index (κ1) is 13.5. The van der Waals surface area contributed by atoms with Crippen LogP contribution in [0.4, 0.5) is 0 Å². The highest BCUT2D eigenvalue weighted by atomic mass is 16.5. The Hall–Kier alpha value is -0.610. The van der Waals surface area contributed by atoms with E-state index in [2.05, 4.69) is 6.92 Å². The molecule has 0 bridgehead atoms. The van der Waals surface area contributed by atoms with Crippen LogP contribution >= 0.6 is 0 Å². The van der Waals surface area contributed by atoms with E-state index in [9.17, 15) is 4.79 Å². The average Bonchev–Trinajstić information content (AvgIpc) is 2.49. The van der Waals surface area contributed by atoms with Crippen LogP contribution < -0.4 is 5.73 Å². The van der Waals surface area contributed by atoms with Crippen molar-refractivity contribution in [1.82, 2.24) is 4.90 Å². The summed E-state index contributed by atoms with van der Waals surface area (Å²) >= 11 is 0. The van der Waals surface area contributed by atoms with Gasteiger partial charge in [-0.3, -0.25) is 4.79 Å². The Morgan fingerprint density at radius 1 is 1.62 bits per heavy atom. The molecule has 2 N–H and O–H groups in total. The molecule has 94 valence electrons. The van der Waals surface area contributed by atoms with Crippen LogP contribution in [0.1, 0.15) is 39.5 Å². The third-order valence-electron chi connectivity index (χ3n) is 2.95. The molecule has 0 saturated carbocycles. The van der Waals surface area contributed by atoms with Gasteiger partial charge in [0.15, 0.2) is 0 Å². The summed E-state index contributed by atoms with van der Waals surface area (Å²) in [6.07, 6.45) is 3.94. The summed E-state index contributed by atoms with van der Waals surface area (Å²) in [5.74, 6) is 0.0887. The van der Waals surface area contributed by atoms with Crippen molar-refractivity contribution in [2.75, 3.05) is 19.7 Å². The van der Waals surface area contributed by atoms with Gasteiger partial charge >= 0.3 is 0 Å². The number of hydrogen-bond acceptors (Lipinski definition) is 3. The second-order valence-electron chi connectivity index (χ2n) is 4.57. The number of amides is 1. The van der Waals surface area contributed by atoms with Crippen molar-refractivity contribution < 1.29 is 9.53 Å². The van der Waals surface area contributed by atoms with E-state index in [1.54, 1.807) is 0 Å². The molecule has 1 rings (SSSR count). The number of carbonyl (C=O) groups excluding carboxylic acids is 1. The molecule has 2 atom stereocenters. The molecular weight excluding hydrogens is 204 g/mol. The van der Waals surface area contributed by atoms with Gasteiger partial charge in [0.05, 0.1) is 12.1 Å². The van der Waals surface area contributed by atoms with E-state index < -0.39 is 0 Å². The number of unbranched alkanes of at least 4 members (excludes halogenated alkanes) is 1. The van der Waals surface area contributed by atoms with Crippen LogP contribution in [0, 0.1) is 0 Å². The third kappa shape index (κ3) is 4.10. The van der Waals surface area contributed by atoms with Gasteiger partial charge in [0.2, 0.25) is 5.91 Å². The van der Waals surface area contributed by atoms with E-state index in [-0.39, 0.29) is 18.1 Å². The molecule has 0 aromatic heterocycles. The molecule has 4 nitrogen and oxygen atoms in total. The van der Waals surface area contributed by atoms with Crippen molar-refractivity contribution >= 4 is 5.91 Å². The first-order valence-corrected chi connectivity index (χ1v) is 6.31. The summed E-state index contributed by atoms with van der Waals surface area (Å²) in [6, 6.07) is -0.328. The van der Waals surface area contributed by atoms with Crippen LogP contribution in [0.5, 0.6) is 0 Å². The molecule has 0 spiro atoms. The lowest BCUT2D eigenvalue weighted by molar-refractivity contribution is -0.133. The first-order valence-electron chi connectivity index (χ1n) is 6.31. The molecule has 1 aliphatic rings. The predicted octanol–water partition coefficient (Wildman–Crippen LogP) is 1.14. The summed E-state index contributed by atoms with van der Waals surface area (Å²) in [4.78, 5) is 13.9. The Morgan fingerprint density at radius 2 is 2.38 bits per heavy atom. The fraction of sp³-hybridized carbons (Fsp3) is 0.917. The maximum atomic E-state index is 12.0. The normalized spacial score (nSPS) is 23.9. The lowest BCUT2D eigenvalue weighted by Gasteiger charge is -2.25. The summed E-state index contributed by atoms with van der Waals surface area (Å²) in [6.45, 7) is 6.32. The van der Waals surface area contributed by atoms with Gasteiger partial charge in [0, 0.05) is 19.7 Å². The Morgan fingerprint density at radius 3 is 3.06 bits per heavy atom. The molecule has 1 heterocycles. The van der Waals surface area contributed by atoms with Crippen LogP contribution in [0.3, 0.4) is 0 Å². The number of nitrogens with two attached hydrogens (primary N) is 1. The number of rotatable bonds is 4. The SMILES string of the molecule is CCCC[C@H](N)C(=O)N1CCCOC(C)C1. The Kier molecular flexibility index (Phi) is 5.77. The second kappa shape index (κ2) is 6.86. The van der Waals surface area contributed by atoms with Crippen molar-refractivity contribution in [2.45, 2.75) is 51.7 Å². The molecule has 1 unspecified atom stereocenters. The van der Waals surface area contributed by atoms with Gasteiger partial charge in [0.1, 0.15) is 0 Å². The summed E-state index contributed by atoms with van der Waals surface area (Å²) < 4.78 is 5.51. The largest absolute Gasteiger partial charge is 0.377 e. The fourth-order valence-corrected chi connectivity index (χ4v) is 1.98.